The highest BCUT2D eigenvalue weighted by Gasteiger charge is 1.97. The van der Waals surface area contributed by atoms with Crippen LogP contribution in [0.3, 0.4) is 0 Å². The van der Waals surface area contributed by atoms with Crippen LogP contribution in [0.5, 0.6) is 0 Å². The predicted octanol–water partition coefficient (Wildman–Crippen LogP) is 8.41. The summed E-state index contributed by atoms with van der Waals surface area (Å²) in [5, 5.41) is 8.95. The molecule has 2 aromatic rings. The molecule has 0 aliphatic carbocycles. The van der Waals surface area contributed by atoms with Gasteiger partial charge in [0.25, 0.3) is 0 Å². The molecule has 0 saturated heterocycles. The molecule has 2 aromatic carbocycles. The van der Waals surface area contributed by atoms with Crippen molar-refractivity contribution in [2.45, 2.75) is 96.3 Å². The minimum atomic E-state index is 0.787. The van der Waals surface area contributed by atoms with Crippen LogP contribution in [0.1, 0.15) is 100 Å². The van der Waals surface area contributed by atoms with Crippen molar-refractivity contribution in [2.75, 3.05) is 0 Å². The molecular formula is C28H39N. The molecule has 0 atom stereocenters. The largest absolute Gasteiger partial charge is 0.192 e. The number of hydrogen-bond donors (Lipinski definition) is 0. The Hall–Kier alpha value is -2.07. The molecular weight excluding hydrogens is 350 g/mol. The van der Waals surface area contributed by atoms with Gasteiger partial charge >= 0.3 is 0 Å². The minimum Gasteiger partial charge on any atom is -0.192 e. The van der Waals surface area contributed by atoms with Gasteiger partial charge in [0.1, 0.15) is 0 Å². The number of nitrogens with zero attached hydrogens (tertiary/aromatic N) is 1. The fourth-order valence-electron chi connectivity index (χ4n) is 4.04. The van der Waals surface area contributed by atoms with Crippen LogP contribution in [-0.2, 0) is 12.8 Å². The van der Waals surface area contributed by atoms with Gasteiger partial charge in [-0.2, -0.15) is 5.26 Å². The molecule has 0 heterocycles. The number of hydrogen-bond acceptors (Lipinski definition) is 1. The van der Waals surface area contributed by atoms with Gasteiger partial charge in [0.05, 0.1) is 11.6 Å². The summed E-state index contributed by atoms with van der Waals surface area (Å²) in [5.74, 6) is 0. The first-order chi connectivity index (χ1) is 14.4. The molecule has 0 spiro atoms. The van der Waals surface area contributed by atoms with E-state index in [-0.39, 0.29) is 0 Å². The highest BCUT2D eigenvalue weighted by molar-refractivity contribution is 5.32. The average Bonchev–Trinajstić information content (AvgIpc) is 2.77. The van der Waals surface area contributed by atoms with E-state index in [1.54, 1.807) is 0 Å². The number of nitriles is 1. The van der Waals surface area contributed by atoms with Crippen LogP contribution in [0.4, 0.5) is 0 Å². The number of benzene rings is 2. The zero-order valence-corrected chi connectivity index (χ0v) is 18.2. The van der Waals surface area contributed by atoms with Crippen LogP contribution in [0.2, 0.25) is 0 Å². The highest BCUT2D eigenvalue weighted by atomic mass is 14.2. The fourth-order valence-corrected chi connectivity index (χ4v) is 4.04. The Morgan fingerprint density at radius 1 is 0.483 bits per heavy atom. The van der Waals surface area contributed by atoms with E-state index >= 15 is 0 Å². The Balaban J connectivity index is 1.30. The van der Waals surface area contributed by atoms with Crippen molar-refractivity contribution < 1.29 is 0 Å². The maximum Gasteiger partial charge on any atom is 0.0991 e. The molecule has 0 unspecified atom stereocenters. The third-order valence-corrected chi connectivity index (χ3v) is 5.83. The van der Waals surface area contributed by atoms with E-state index in [9.17, 15) is 0 Å². The van der Waals surface area contributed by atoms with Crippen LogP contribution in [-0.4, -0.2) is 0 Å². The molecule has 156 valence electrons. The van der Waals surface area contributed by atoms with Gasteiger partial charge < -0.3 is 0 Å². The van der Waals surface area contributed by atoms with Gasteiger partial charge in [-0.1, -0.05) is 113 Å². The maximum absolute atomic E-state index is 8.95. The van der Waals surface area contributed by atoms with Crippen molar-refractivity contribution in [2.24, 2.45) is 0 Å². The van der Waals surface area contributed by atoms with Gasteiger partial charge in [-0.3, -0.25) is 0 Å². The summed E-state index contributed by atoms with van der Waals surface area (Å²) in [7, 11) is 0. The molecule has 0 aliphatic heterocycles. The second kappa shape index (κ2) is 15.8. The molecule has 0 saturated carbocycles. The van der Waals surface area contributed by atoms with E-state index in [2.05, 4.69) is 42.5 Å². The lowest BCUT2D eigenvalue weighted by Crippen LogP contribution is -1.88. The molecule has 0 bridgehead atoms. The van der Waals surface area contributed by atoms with Crippen molar-refractivity contribution in [1.29, 1.82) is 5.26 Å². The first-order valence-electron chi connectivity index (χ1n) is 11.9. The summed E-state index contributed by atoms with van der Waals surface area (Å²) in [6, 6.07) is 21.2. The molecule has 0 aromatic heterocycles. The predicted molar refractivity (Wildman–Crippen MR) is 125 cm³/mol. The Labute approximate surface area is 179 Å². The number of rotatable bonds is 16. The van der Waals surface area contributed by atoms with Crippen molar-refractivity contribution >= 4 is 0 Å². The molecule has 29 heavy (non-hydrogen) atoms. The first-order valence-corrected chi connectivity index (χ1v) is 11.9. The fraction of sp³-hybridized carbons (Fsp3) is 0.536. The van der Waals surface area contributed by atoms with Gasteiger partial charge in [0.2, 0.25) is 0 Å². The van der Waals surface area contributed by atoms with Crippen molar-refractivity contribution in [3.63, 3.8) is 0 Å². The number of aryl methyl sites for hydroxylation is 2. The first kappa shape index (κ1) is 23.2. The lowest BCUT2D eigenvalue weighted by Gasteiger charge is -2.04. The third-order valence-electron chi connectivity index (χ3n) is 5.83. The molecule has 0 amide bonds. The van der Waals surface area contributed by atoms with E-state index in [0.29, 0.717) is 0 Å². The summed E-state index contributed by atoms with van der Waals surface area (Å²) in [6.07, 6.45) is 20.3. The van der Waals surface area contributed by atoms with E-state index in [1.807, 2.05) is 18.2 Å². The van der Waals surface area contributed by atoms with Gasteiger partial charge in [-0.25, -0.2) is 0 Å². The molecule has 0 N–H and O–H groups in total. The summed E-state index contributed by atoms with van der Waals surface area (Å²) in [6.45, 7) is 0. The highest BCUT2D eigenvalue weighted by Crippen LogP contribution is 2.15. The minimum absolute atomic E-state index is 0.787. The molecule has 0 aliphatic rings. The van der Waals surface area contributed by atoms with E-state index in [4.69, 9.17) is 5.26 Å². The van der Waals surface area contributed by atoms with Crippen molar-refractivity contribution in [3.05, 3.63) is 71.3 Å². The van der Waals surface area contributed by atoms with Crippen LogP contribution in [0.15, 0.2) is 54.6 Å². The standard InChI is InChI=1S/C28H39N/c29-25-28-23-17-22-27(24-28)21-14-11-9-7-5-3-1-2-4-6-8-10-13-18-26-19-15-12-16-20-26/h12,15-17,19-20,22-24H,1-11,13-14,18,21H2. The normalized spacial score (nSPS) is 10.7. The number of unbranched alkanes of at least 4 members (excludes halogenated alkanes) is 12. The Bertz CT molecular complexity index is 683. The molecule has 1 heteroatoms. The van der Waals surface area contributed by atoms with Crippen LogP contribution < -0.4 is 0 Å². The van der Waals surface area contributed by atoms with Crippen LogP contribution >= 0.6 is 0 Å². The summed E-state index contributed by atoms with van der Waals surface area (Å²) < 4.78 is 0. The second-order valence-electron chi connectivity index (χ2n) is 8.39. The lowest BCUT2D eigenvalue weighted by atomic mass is 10.0. The average molecular weight is 390 g/mol. The van der Waals surface area contributed by atoms with Gasteiger partial charge in [0.15, 0.2) is 0 Å². The molecule has 0 fully saturated rings. The van der Waals surface area contributed by atoms with Gasteiger partial charge in [-0.15, -0.1) is 0 Å². The smallest absolute Gasteiger partial charge is 0.0991 e. The molecule has 1 nitrogen and oxygen atoms in total. The topological polar surface area (TPSA) is 23.8 Å². The Morgan fingerprint density at radius 3 is 1.45 bits per heavy atom. The van der Waals surface area contributed by atoms with Gasteiger partial charge in [-0.05, 0) is 48.9 Å². The zero-order chi connectivity index (χ0) is 20.4. The maximum atomic E-state index is 8.95. The molecule has 2 rings (SSSR count). The van der Waals surface area contributed by atoms with Crippen LogP contribution in [0.25, 0.3) is 0 Å². The Kier molecular flexibility index (Phi) is 12.7. The van der Waals surface area contributed by atoms with E-state index in [1.165, 1.54) is 101 Å². The van der Waals surface area contributed by atoms with Crippen molar-refractivity contribution in [3.8, 4) is 6.07 Å². The van der Waals surface area contributed by atoms with Crippen LogP contribution in [0, 0.1) is 11.3 Å². The lowest BCUT2D eigenvalue weighted by molar-refractivity contribution is 0.536. The van der Waals surface area contributed by atoms with E-state index < -0.39 is 0 Å². The van der Waals surface area contributed by atoms with Gasteiger partial charge in [0, 0.05) is 0 Å². The van der Waals surface area contributed by atoms with E-state index in [0.717, 1.165) is 12.0 Å². The zero-order valence-electron chi connectivity index (χ0n) is 18.2. The quantitative estimate of drug-likeness (QED) is 0.264. The Morgan fingerprint density at radius 2 is 0.931 bits per heavy atom. The third kappa shape index (κ3) is 11.5. The summed E-state index contributed by atoms with van der Waals surface area (Å²) in [5.41, 5.74) is 3.58. The summed E-state index contributed by atoms with van der Waals surface area (Å²) >= 11 is 0. The monoisotopic (exact) mass is 389 g/mol. The van der Waals surface area contributed by atoms with Crippen molar-refractivity contribution in [1.82, 2.24) is 0 Å². The second-order valence-corrected chi connectivity index (χ2v) is 8.39. The SMILES string of the molecule is N#Cc1cccc(CCCCCCCCCCCCCCCc2ccccc2)c1. The summed E-state index contributed by atoms with van der Waals surface area (Å²) in [4.78, 5) is 0. The molecule has 0 radical (unpaired) electrons.